The fraction of sp³-hybridized carbons (Fsp3) is 0.625. The van der Waals surface area contributed by atoms with Gasteiger partial charge in [0, 0.05) is 0 Å². The minimum Gasteiger partial charge on any atom is -0.323 e. The summed E-state index contributed by atoms with van der Waals surface area (Å²) in [7, 11) is 1.65. The zero-order valence-corrected chi connectivity index (χ0v) is 8.16. The summed E-state index contributed by atoms with van der Waals surface area (Å²) in [6.07, 6.45) is 0. The van der Waals surface area contributed by atoms with Crippen LogP contribution in [0.15, 0.2) is 0 Å². The van der Waals surface area contributed by atoms with Gasteiger partial charge in [-0.3, -0.25) is 19.7 Å². The molecule has 0 aliphatic carbocycles. The van der Waals surface area contributed by atoms with Crippen LogP contribution in [0.3, 0.4) is 0 Å². The molecule has 6 nitrogen and oxygen atoms in total. The van der Waals surface area contributed by atoms with E-state index in [1.54, 1.807) is 14.0 Å². The van der Waals surface area contributed by atoms with Gasteiger partial charge >= 0.3 is 0 Å². The molecule has 0 spiro atoms. The van der Waals surface area contributed by atoms with Gasteiger partial charge < -0.3 is 10.2 Å². The summed E-state index contributed by atoms with van der Waals surface area (Å²) >= 11 is 0. The van der Waals surface area contributed by atoms with Gasteiger partial charge in [0.25, 0.3) is 0 Å². The summed E-state index contributed by atoms with van der Waals surface area (Å²) in [4.78, 5) is 34.7. The third-order valence-electron chi connectivity index (χ3n) is 2.06. The topological polar surface area (TPSA) is 78.5 Å². The highest BCUT2D eigenvalue weighted by Gasteiger charge is 2.28. The molecule has 0 bridgehead atoms. The molecule has 1 saturated heterocycles. The van der Waals surface area contributed by atoms with E-state index in [-0.39, 0.29) is 25.0 Å². The van der Waals surface area contributed by atoms with E-state index in [2.05, 4.69) is 10.6 Å². The van der Waals surface area contributed by atoms with Crippen LogP contribution in [0, 0.1) is 0 Å². The number of imide groups is 1. The van der Waals surface area contributed by atoms with Gasteiger partial charge in [-0.05, 0) is 14.0 Å². The molecule has 0 aromatic rings. The Morgan fingerprint density at radius 2 is 1.93 bits per heavy atom. The molecule has 0 saturated carbocycles. The molecule has 1 fully saturated rings. The molecule has 3 amide bonds. The standard InChI is InChI=1S/C8H13N3O3/c1-5(9-2)8(14)11-3-6(12)10-7(13)4-11/h5,9H,3-4H2,1-2H3,(H,10,12,13). The first kappa shape index (κ1) is 10.6. The van der Waals surface area contributed by atoms with Crippen molar-refractivity contribution in [2.75, 3.05) is 20.1 Å². The Kier molecular flexibility index (Phi) is 3.19. The van der Waals surface area contributed by atoms with Crippen molar-refractivity contribution in [2.45, 2.75) is 13.0 Å². The molecule has 1 aliphatic heterocycles. The van der Waals surface area contributed by atoms with Gasteiger partial charge in [0.05, 0.1) is 6.04 Å². The minimum absolute atomic E-state index is 0.0450. The average molecular weight is 199 g/mol. The van der Waals surface area contributed by atoms with Crippen LogP contribution < -0.4 is 10.6 Å². The highest BCUT2D eigenvalue weighted by molar-refractivity contribution is 6.03. The number of carbonyl (C=O) groups excluding carboxylic acids is 3. The zero-order valence-electron chi connectivity index (χ0n) is 8.16. The van der Waals surface area contributed by atoms with Gasteiger partial charge in [-0.2, -0.15) is 0 Å². The van der Waals surface area contributed by atoms with Crippen molar-refractivity contribution >= 4 is 17.7 Å². The van der Waals surface area contributed by atoms with Gasteiger partial charge in [0.2, 0.25) is 17.7 Å². The summed E-state index contributed by atoms with van der Waals surface area (Å²) in [5.74, 6) is -1.11. The third kappa shape index (κ3) is 2.29. The highest BCUT2D eigenvalue weighted by Crippen LogP contribution is 1.98. The van der Waals surface area contributed by atoms with Crippen molar-refractivity contribution in [3.05, 3.63) is 0 Å². The van der Waals surface area contributed by atoms with Crippen molar-refractivity contribution in [3.8, 4) is 0 Å². The number of nitrogens with one attached hydrogen (secondary N) is 2. The van der Waals surface area contributed by atoms with Crippen molar-refractivity contribution < 1.29 is 14.4 Å². The van der Waals surface area contributed by atoms with Gasteiger partial charge in [0.15, 0.2) is 0 Å². The van der Waals surface area contributed by atoms with E-state index < -0.39 is 11.8 Å². The van der Waals surface area contributed by atoms with E-state index in [1.165, 1.54) is 4.90 Å². The molecule has 1 unspecified atom stereocenters. The second-order valence-electron chi connectivity index (χ2n) is 3.18. The lowest BCUT2D eigenvalue weighted by Crippen LogP contribution is -2.56. The summed E-state index contributed by atoms with van der Waals surface area (Å²) in [5.41, 5.74) is 0. The van der Waals surface area contributed by atoms with Crippen molar-refractivity contribution in [1.29, 1.82) is 0 Å². The van der Waals surface area contributed by atoms with Crippen LogP contribution in [0.1, 0.15) is 6.92 Å². The van der Waals surface area contributed by atoms with Crippen LogP contribution in [0.4, 0.5) is 0 Å². The molecule has 78 valence electrons. The van der Waals surface area contributed by atoms with Crippen LogP contribution in [-0.4, -0.2) is 48.8 Å². The Morgan fingerprint density at radius 1 is 1.43 bits per heavy atom. The van der Waals surface area contributed by atoms with Gasteiger partial charge in [-0.1, -0.05) is 0 Å². The smallest absolute Gasteiger partial charge is 0.246 e. The Labute approximate surface area is 81.6 Å². The average Bonchev–Trinajstić information content (AvgIpc) is 2.14. The molecule has 0 radical (unpaired) electrons. The van der Waals surface area contributed by atoms with Crippen LogP contribution in [0.5, 0.6) is 0 Å². The maximum absolute atomic E-state index is 11.6. The summed E-state index contributed by atoms with van der Waals surface area (Å²) in [6, 6.07) is -0.381. The zero-order chi connectivity index (χ0) is 10.7. The van der Waals surface area contributed by atoms with Crippen LogP contribution >= 0.6 is 0 Å². The molecule has 1 aliphatic rings. The first-order valence-electron chi connectivity index (χ1n) is 4.33. The second kappa shape index (κ2) is 4.19. The number of nitrogens with zero attached hydrogens (tertiary/aromatic N) is 1. The van der Waals surface area contributed by atoms with Gasteiger partial charge in [0.1, 0.15) is 13.1 Å². The van der Waals surface area contributed by atoms with Crippen LogP contribution in [0.25, 0.3) is 0 Å². The van der Waals surface area contributed by atoms with Crippen molar-refractivity contribution in [2.24, 2.45) is 0 Å². The van der Waals surface area contributed by atoms with Gasteiger partial charge in [-0.15, -0.1) is 0 Å². The minimum atomic E-state index is -0.432. The number of amides is 3. The van der Waals surface area contributed by atoms with E-state index in [1.807, 2.05) is 0 Å². The Morgan fingerprint density at radius 3 is 2.36 bits per heavy atom. The summed E-state index contributed by atoms with van der Waals surface area (Å²) in [6.45, 7) is 1.59. The number of rotatable bonds is 2. The number of piperazine rings is 1. The summed E-state index contributed by atoms with van der Waals surface area (Å²) in [5, 5.41) is 4.89. The van der Waals surface area contributed by atoms with Crippen LogP contribution in [-0.2, 0) is 14.4 Å². The third-order valence-corrected chi connectivity index (χ3v) is 2.06. The quantitative estimate of drug-likeness (QED) is 0.508. The lowest BCUT2D eigenvalue weighted by molar-refractivity contribution is -0.146. The number of carbonyl (C=O) groups is 3. The molecule has 1 atom stereocenters. The molecule has 0 aromatic heterocycles. The normalized spacial score (nSPS) is 19.1. The van der Waals surface area contributed by atoms with E-state index in [4.69, 9.17) is 0 Å². The highest BCUT2D eigenvalue weighted by atomic mass is 16.2. The number of hydrogen-bond donors (Lipinski definition) is 2. The Bertz CT molecular complexity index is 261. The molecule has 1 rings (SSSR count). The lowest BCUT2D eigenvalue weighted by atomic mass is 10.2. The predicted molar refractivity (Wildman–Crippen MR) is 48.3 cm³/mol. The first-order valence-corrected chi connectivity index (χ1v) is 4.33. The molecule has 6 heteroatoms. The van der Waals surface area contributed by atoms with Crippen molar-refractivity contribution in [1.82, 2.24) is 15.5 Å². The fourth-order valence-corrected chi connectivity index (χ4v) is 1.19. The molecular formula is C8H13N3O3. The SMILES string of the molecule is CNC(C)C(=O)N1CC(=O)NC(=O)C1. The summed E-state index contributed by atoms with van der Waals surface area (Å²) < 4.78 is 0. The monoisotopic (exact) mass is 199 g/mol. The molecular weight excluding hydrogens is 186 g/mol. The first-order chi connectivity index (χ1) is 6.54. The molecule has 0 aromatic carbocycles. The fourth-order valence-electron chi connectivity index (χ4n) is 1.19. The van der Waals surface area contributed by atoms with E-state index >= 15 is 0 Å². The Balaban J connectivity index is 2.63. The number of hydrogen-bond acceptors (Lipinski definition) is 4. The number of likely N-dealkylation sites (N-methyl/N-ethyl adjacent to an activating group) is 1. The lowest BCUT2D eigenvalue weighted by Gasteiger charge is -2.27. The van der Waals surface area contributed by atoms with Crippen molar-refractivity contribution in [3.63, 3.8) is 0 Å². The van der Waals surface area contributed by atoms with E-state index in [0.717, 1.165) is 0 Å². The van der Waals surface area contributed by atoms with E-state index in [9.17, 15) is 14.4 Å². The maximum Gasteiger partial charge on any atom is 0.246 e. The molecule has 2 N–H and O–H groups in total. The second-order valence-corrected chi connectivity index (χ2v) is 3.18. The maximum atomic E-state index is 11.6. The van der Waals surface area contributed by atoms with E-state index in [0.29, 0.717) is 0 Å². The Hall–Kier alpha value is -1.43. The van der Waals surface area contributed by atoms with Crippen LogP contribution in [0.2, 0.25) is 0 Å². The largest absolute Gasteiger partial charge is 0.323 e. The van der Waals surface area contributed by atoms with Gasteiger partial charge in [-0.25, -0.2) is 0 Å². The molecule has 1 heterocycles. The predicted octanol–water partition coefficient (Wildman–Crippen LogP) is -1.92. The molecule has 14 heavy (non-hydrogen) atoms.